The van der Waals surface area contributed by atoms with Gasteiger partial charge in [0.15, 0.2) is 0 Å². The predicted octanol–water partition coefficient (Wildman–Crippen LogP) is 3.79. The summed E-state index contributed by atoms with van der Waals surface area (Å²) >= 11 is 1.69. The van der Waals surface area contributed by atoms with Crippen molar-refractivity contribution in [2.75, 3.05) is 6.54 Å². The Hall–Kier alpha value is -1.19. The number of nitrogens with one attached hydrogen (secondary N) is 1. The fourth-order valence-electron chi connectivity index (χ4n) is 2.81. The minimum atomic E-state index is 0.165. The van der Waals surface area contributed by atoms with Crippen molar-refractivity contribution in [1.82, 2.24) is 10.3 Å². The molecule has 0 amide bonds. The van der Waals surface area contributed by atoms with Gasteiger partial charge in [0.2, 0.25) is 0 Å². The average molecular weight is 286 g/mol. The zero-order valence-corrected chi connectivity index (χ0v) is 12.8. The highest BCUT2D eigenvalue weighted by Gasteiger charge is 2.33. The Bertz CT molecular complexity index is 519. The molecule has 3 heteroatoms. The van der Waals surface area contributed by atoms with Crippen LogP contribution in [-0.4, -0.2) is 17.6 Å². The fraction of sp³-hybridized carbons (Fsp3) is 0.471. The van der Waals surface area contributed by atoms with Gasteiger partial charge in [-0.05, 0) is 24.8 Å². The smallest absolute Gasteiger partial charge is 0.0794 e. The van der Waals surface area contributed by atoms with Crippen LogP contribution in [0.4, 0.5) is 0 Å². The Balaban J connectivity index is 1.86. The first-order valence-corrected chi connectivity index (χ1v) is 8.43. The van der Waals surface area contributed by atoms with Gasteiger partial charge in [-0.1, -0.05) is 37.3 Å². The van der Waals surface area contributed by atoms with E-state index in [2.05, 4.69) is 52.9 Å². The molecular weight excluding hydrogens is 264 g/mol. The monoisotopic (exact) mass is 286 g/mol. The van der Waals surface area contributed by atoms with Crippen molar-refractivity contribution in [2.45, 2.75) is 44.1 Å². The molecule has 0 aliphatic heterocycles. The highest BCUT2D eigenvalue weighted by atomic mass is 32.1. The maximum absolute atomic E-state index is 4.51. The molecule has 1 atom stereocenters. The number of thiazole rings is 1. The lowest BCUT2D eigenvalue weighted by Gasteiger charge is -2.33. The van der Waals surface area contributed by atoms with Crippen molar-refractivity contribution in [1.29, 1.82) is 0 Å². The number of hydrogen-bond acceptors (Lipinski definition) is 3. The number of hydrogen-bond donors (Lipinski definition) is 1. The molecule has 2 aromatic rings. The summed E-state index contributed by atoms with van der Waals surface area (Å²) in [5, 5.41) is 5.92. The summed E-state index contributed by atoms with van der Waals surface area (Å²) in [6.45, 7) is 3.35. The highest BCUT2D eigenvalue weighted by molar-refractivity contribution is 7.07. The van der Waals surface area contributed by atoms with Crippen molar-refractivity contribution in [2.24, 2.45) is 0 Å². The van der Waals surface area contributed by atoms with Gasteiger partial charge in [0.25, 0.3) is 0 Å². The maximum Gasteiger partial charge on any atom is 0.0794 e. The van der Waals surface area contributed by atoms with Gasteiger partial charge >= 0.3 is 0 Å². The molecule has 1 aliphatic rings. The summed E-state index contributed by atoms with van der Waals surface area (Å²) in [7, 11) is 0. The Morgan fingerprint density at radius 2 is 2.10 bits per heavy atom. The quantitative estimate of drug-likeness (QED) is 0.837. The van der Waals surface area contributed by atoms with Crippen LogP contribution in [0.2, 0.25) is 0 Å². The van der Waals surface area contributed by atoms with Crippen molar-refractivity contribution >= 4 is 11.3 Å². The Morgan fingerprint density at radius 1 is 1.30 bits per heavy atom. The number of benzene rings is 1. The normalized spacial score (nSPS) is 17.9. The molecule has 1 aliphatic carbocycles. The SMILES string of the molecule is CCC(CNC1CC1)(Cc1cscn1)c1ccccc1. The van der Waals surface area contributed by atoms with Crippen LogP contribution in [0.3, 0.4) is 0 Å². The first-order valence-electron chi connectivity index (χ1n) is 7.48. The molecule has 1 fully saturated rings. The average Bonchev–Trinajstić information content (AvgIpc) is 3.20. The third-order valence-corrected chi connectivity index (χ3v) is 5.01. The Morgan fingerprint density at radius 3 is 2.70 bits per heavy atom. The first-order chi connectivity index (χ1) is 9.82. The second-order valence-corrected chi connectivity index (χ2v) is 6.53. The van der Waals surface area contributed by atoms with E-state index < -0.39 is 0 Å². The van der Waals surface area contributed by atoms with E-state index in [1.165, 1.54) is 24.1 Å². The topological polar surface area (TPSA) is 24.9 Å². The van der Waals surface area contributed by atoms with Crippen LogP contribution in [0.15, 0.2) is 41.2 Å². The summed E-state index contributed by atoms with van der Waals surface area (Å²) < 4.78 is 0. The molecular formula is C17H22N2S. The Labute approximate surface area is 125 Å². The van der Waals surface area contributed by atoms with Gasteiger partial charge in [0.05, 0.1) is 11.2 Å². The molecule has 2 nitrogen and oxygen atoms in total. The van der Waals surface area contributed by atoms with Gasteiger partial charge in [0.1, 0.15) is 0 Å². The minimum absolute atomic E-state index is 0.165. The van der Waals surface area contributed by atoms with Crippen molar-refractivity contribution in [3.05, 3.63) is 52.5 Å². The molecule has 0 bridgehead atoms. The molecule has 0 spiro atoms. The standard InChI is InChI=1S/C17H22N2S/c1-2-17(12-18-15-8-9-15,10-16-11-20-13-19-16)14-6-4-3-5-7-14/h3-7,11,13,15,18H,2,8-10,12H2,1H3. The van der Waals surface area contributed by atoms with Gasteiger partial charge in [-0.2, -0.15) is 0 Å². The van der Waals surface area contributed by atoms with E-state index in [0.29, 0.717) is 0 Å². The lowest BCUT2D eigenvalue weighted by molar-refractivity contribution is 0.374. The van der Waals surface area contributed by atoms with Gasteiger partial charge in [-0.25, -0.2) is 4.98 Å². The minimum Gasteiger partial charge on any atom is -0.313 e. The fourth-order valence-corrected chi connectivity index (χ4v) is 3.37. The molecule has 106 valence electrons. The van der Waals surface area contributed by atoms with E-state index in [-0.39, 0.29) is 5.41 Å². The number of nitrogens with zero attached hydrogens (tertiary/aromatic N) is 1. The molecule has 0 saturated heterocycles. The van der Waals surface area contributed by atoms with Crippen LogP contribution in [0, 0.1) is 0 Å². The lowest BCUT2D eigenvalue weighted by atomic mass is 9.74. The molecule has 1 aromatic heterocycles. The number of rotatable bonds is 7. The summed E-state index contributed by atoms with van der Waals surface area (Å²) in [6.07, 6.45) is 4.83. The largest absolute Gasteiger partial charge is 0.313 e. The lowest BCUT2D eigenvalue weighted by Crippen LogP contribution is -2.40. The van der Waals surface area contributed by atoms with Gasteiger partial charge in [-0.3, -0.25) is 0 Å². The third-order valence-electron chi connectivity index (χ3n) is 4.37. The van der Waals surface area contributed by atoms with Crippen LogP contribution in [0.1, 0.15) is 37.4 Å². The molecule has 0 radical (unpaired) electrons. The van der Waals surface area contributed by atoms with Crippen molar-refractivity contribution < 1.29 is 0 Å². The molecule has 1 aromatic carbocycles. The third kappa shape index (κ3) is 3.10. The Kier molecular flexibility index (Phi) is 4.18. The van der Waals surface area contributed by atoms with Crippen molar-refractivity contribution in [3.63, 3.8) is 0 Å². The van der Waals surface area contributed by atoms with E-state index in [1.54, 1.807) is 11.3 Å². The van der Waals surface area contributed by atoms with Crippen LogP contribution in [0.5, 0.6) is 0 Å². The summed E-state index contributed by atoms with van der Waals surface area (Å²) in [5.74, 6) is 0. The second kappa shape index (κ2) is 6.06. The van der Waals surface area contributed by atoms with E-state index >= 15 is 0 Å². The van der Waals surface area contributed by atoms with Crippen molar-refractivity contribution in [3.8, 4) is 0 Å². The molecule has 1 N–H and O–H groups in total. The molecule has 1 heterocycles. The number of aromatic nitrogens is 1. The molecule has 3 rings (SSSR count). The van der Waals surface area contributed by atoms with E-state index in [1.807, 2.05) is 5.51 Å². The van der Waals surface area contributed by atoms with Gasteiger partial charge in [0, 0.05) is 29.8 Å². The summed E-state index contributed by atoms with van der Waals surface area (Å²) in [5.41, 5.74) is 4.76. The van der Waals surface area contributed by atoms with E-state index in [4.69, 9.17) is 0 Å². The predicted molar refractivity (Wildman–Crippen MR) is 85.3 cm³/mol. The zero-order chi connectivity index (χ0) is 13.8. The van der Waals surface area contributed by atoms with Crippen LogP contribution in [0.25, 0.3) is 0 Å². The molecule has 20 heavy (non-hydrogen) atoms. The van der Waals surface area contributed by atoms with Crippen LogP contribution < -0.4 is 5.32 Å². The second-order valence-electron chi connectivity index (χ2n) is 5.81. The molecule has 1 unspecified atom stereocenters. The van der Waals surface area contributed by atoms with Gasteiger partial charge in [-0.15, -0.1) is 11.3 Å². The van der Waals surface area contributed by atoms with Gasteiger partial charge < -0.3 is 5.32 Å². The van der Waals surface area contributed by atoms with Crippen LogP contribution >= 0.6 is 11.3 Å². The summed E-state index contributed by atoms with van der Waals surface area (Å²) in [6, 6.07) is 11.7. The van der Waals surface area contributed by atoms with Crippen LogP contribution in [-0.2, 0) is 11.8 Å². The highest BCUT2D eigenvalue weighted by Crippen LogP contribution is 2.33. The molecule has 1 saturated carbocycles. The first kappa shape index (κ1) is 13.8. The maximum atomic E-state index is 4.51. The van der Waals surface area contributed by atoms with E-state index in [9.17, 15) is 0 Å². The summed E-state index contributed by atoms with van der Waals surface area (Å²) in [4.78, 5) is 4.51. The zero-order valence-electron chi connectivity index (χ0n) is 12.0. The van der Waals surface area contributed by atoms with E-state index in [0.717, 1.165) is 25.4 Å².